The zero-order valence-corrected chi connectivity index (χ0v) is 16.5. The highest BCUT2D eigenvalue weighted by molar-refractivity contribution is 6.38. The molecule has 2 N–H and O–H groups in total. The second-order valence-electron chi connectivity index (χ2n) is 7.05. The van der Waals surface area contributed by atoms with E-state index < -0.39 is 5.97 Å². The molecule has 0 bridgehead atoms. The lowest BCUT2D eigenvalue weighted by Crippen LogP contribution is -2.28. The molecular formula is C20H24ClN3O2. The molecule has 6 heteroatoms. The van der Waals surface area contributed by atoms with Gasteiger partial charge in [-0.15, -0.1) is 0 Å². The fourth-order valence-corrected chi connectivity index (χ4v) is 2.69. The minimum atomic E-state index is -0.551. The minimum absolute atomic E-state index is 0.153. The Morgan fingerprint density at radius 2 is 1.88 bits per heavy atom. The predicted octanol–water partition coefficient (Wildman–Crippen LogP) is 4.85. The molecule has 0 atom stereocenters. The van der Waals surface area contributed by atoms with E-state index in [0.29, 0.717) is 16.9 Å². The van der Waals surface area contributed by atoms with E-state index in [1.807, 2.05) is 52.0 Å². The summed E-state index contributed by atoms with van der Waals surface area (Å²) in [7, 11) is 0. The number of nitrogens with zero attached hydrogens (tertiary/aromatic N) is 1. The average molecular weight is 374 g/mol. The normalized spacial score (nSPS) is 11.2. The first-order valence-electron chi connectivity index (χ1n) is 8.43. The minimum Gasteiger partial charge on any atom is -0.462 e. The molecule has 0 fully saturated rings. The predicted molar refractivity (Wildman–Crippen MR) is 106 cm³/mol. The molecule has 0 unspecified atom stereocenters. The number of halogens is 1. The molecule has 2 rings (SSSR count). The lowest BCUT2D eigenvalue weighted by atomic mass is 9.99. The van der Waals surface area contributed by atoms with E-state index in [-0.39, 0.29) is 28.4 Å². The van der Waals surface area contributed by atoms with Gasteiger partial charge in [0.15, 0.2) is 0 Å². The van der Waals surface area contributed by atoms with Crippen molar-refractivity contribution in [2.24, 2.45) is 0 Å². The van der Waals surface area contributed by atoms with Crippen molar-refractivity contribution >= 4 is 29.1 Å². The van der Waals surface area contributed by atoms with Gasteiger partial charge in [-0.3, -0.25) is 5.41 Å². The molecule has 0 radical (unpaired) electrons. The second-order valence-corrected chi connectivity index (χ2v) is 7.42. The number of nitrogens with one attached hydrogen (secondary N) is 2. The number of benzene rings is 1. The highest BCUT2D eigenvalue weighted by Gasteiger charge is 2.24. The van der Waals surface area contributed by atoms with Crippen LogP contribution in [0.1, 0.15) is 54.7 Å². The van der Waals surface area contributed by atoms with Crippen molar-refractivity contribution in [2.45, 2.75) is 40.2 Å². The Morgan fingerprint density at radius 1 is 1.27 bits per heavy atom. The molecule has 0 aliphatic heterocycles. The molecule has 1 aromatic heterocycles. The SMILES string of the molecule is CCOC(=O)c1cnc(NC(C)(C)C)c(C(=N)c2ccc(C)cc2)c1Cl. The Hall–Kier alpha value is -2.40. The number of anilines is 1. The molecule has 0 aliphatic carbocycles. The second kappa shape index (κ2) is 7.87. The van der Waals surface area contributed by atoms with Crippen molar-refractivity contribution in [1.29, 1.82) is 5.41 Å². The van der Waals surface area contributed by atoms with Gasteiger partial charge in [-0.1, -0.05) is 41.4 Å². The van der Waals surface area contributed by atoms with Crippen LogP contribution in [0.4, 0.5) is 5.82 Å². The van der Waals surface area contributed by atoms with Gasteiger partial charge in [0, 0.05) is 17.3 Å². The Bertz CT molecular complexity index is 824. The van der Waals surface area contributed by atoms with Gasteiger partial charge in [0.25, 0.3) is 0 Å². The first-order valence-corrected chi connectivity index (χ1v) is 8.81. The number of ether oxygens (including phenoxy) is 1. The molecule has 5 nitrogen and oxygen atoms in total. The van der Waals surface area contributed by atoms with Crippen LogP contribution >= 0.6 is 11.6 Å². The number of esters is 1. The number of hydrogen-bond donors (Lipinski definition) is 2. The van der Waals surface area contributed by atoms with Gasteiger partial charge < -0.3 is 10.1 Å². The van der Waals surface area contributed by atoms with E-state index >= 15 is 0 Å². The molecule has 1 heterocycles. The molecule has 0 spiro atoms. The highest BCUT2D eigenvalue weighted by atomic mass is 35.5. The average Bonchev–Trinajstić information content (AvgIpc) is 2.54. The monoisotopic (exact) mass is 373 g/mol. The van der Waals surface area contributed by atoms with Crippen LogP contribution in [-0.2, 0) is 4.74 Å². The maximum absolute atomic E-state index is 12.2. The molecule has 26 heavy (non-hydrogen) atoms. The third kappa shape index (κ3) is 4.61. The maximum atomic E-state index is 12.2. The van der Waals surface area contributed by atoms with Gasteiger partial charge in [-0.25, -0.2) is 9.78 Å². The summed E-state index contributed by atoms with van der Waals surface area (Å²) in [6, 6.07) is 7.56. The lowest BCUT2D eigenvalue weighted by Gasteiger charge is -2.24. The molecule has 138 valence electrons. The van der Waals surface area contributed by atoms with E-state index in [1.165, 1.54) is 6.20 Å². The van der Waals surface area contributed by atoms with Crippen LogP contribution in [-0.4, -0.2) is 28.8 Å². The molecule has 0 aliphatic rings. The van der Waals surface area contributed by atoms with Crippen molar-refractivity contribution in [2.75, 3.05) is 11.9 Å². The molecule has 0 saturated carbocycles. The van der Waals surface area contributed by atoms with E-state index in [0.717, 1.165) is 5.56 Å². The summed E-state index contributed by atoms with van der Waals surface area (Å²) < 4.78 is 5.05. The Labute approximate surface area is 159 Å². The summed E-state index contributed by atoms with van der Waals surface area (Å²) >= 11 is 6.53. The summed E-state index contributed by atoms with van der Waals surface area (Å²) in [5.41, 5.74) is 2.23. The molecule has 1 aromatic carbocycles. The summed E-state index contributed by atoms with van der Waals surface area (Å²) in [4.78, 5) is 16.5. The quantitative estimate of drug-likeness (QED) is 0.580. The van der Waals surface area contributed by atoms with Crippen LogP contribution in [0.3, 0.4) is 0 Å². The van der Waals surface area contributed by atoms with Crippen molar-refractivity contribution in [1.82, 2.24) is 4.98 Å². The Kier molecular flexibility index (Phi) is 6.03. The van der Waals surface area contributed by atoms with Crippen molar-refractivity contribution < 1.29 is 9.53 Å². The Morgan fingerprint density at radius 3 is 2.42 bits per heavy atom. The number of aryl methyl sites for hydroxylation is 1. The first-order chi connectivity index (χ1) is 12.1. The summed E-state index contributed by atoms with van der Waals surface area (Å²) in [6.07, 6.45) is 1.39. The van der Waals surface area contributed by atoms with Crippen LogP contribution in [0, 0.1) is 12.3 Å². The topological polar surface area (TPSA) is 75.1 Å². The third-order valence-electron chi connectivity index (χ3n) is 3.59. The van der Waals surface area contributed by atoms with Crippen LogP contribution in [0.25, 0.3) is 0 Å². The summed E-state index contributed by atoms with van der Waals surface area (Å²) in [5.74, 6) is -0.0913. The van der Waals surface area contributed by atoms with Crippen molar-refractivity contribution in [3.05, 3.63) is 57.7 Å². The number of aromatic nitrogens is 1. The summed E-state index contributed by atoms with van der Waals surface area (Å²) in [5, 5.41) is 12.1. The highest BCUT2D eigenvalue weighted by Crippen LogP contribution is 2.31. The molecule has 2 aromatic rings. The number of rotatable bonds is 5. The standard InChI is InChI=1S/C20H24ClN3O2/c1-6-26-19(25)14-11-23-18(24-20(3,4)5)15(16(14)21)17(22)13-9-7-12(2)8-10-13/h7-11,22H,6H2,1-5H3,(H,23,24). The van der Waals surface area contributed by atoms with Crippen molar-refractivity contribution in [3.8, 4) is 0 Å². The largest absolute Gasteiger partial charge is 0.462 e. The summed E-state index contributed by atoms with van der Waals surface area (Å²) in [6.45, 7) is 9.91. The number of hydrogen-bond acceptors (Lipinski definition) is 5. The van der Waals surface area contributed by atoms with Crippen LogP contribution in [0.15, 0.2) is 30.5 Å². The van der Waals surface area contributed by atoms with E-state index in [2.05, 4.69) is 10.3 Å². The van der Waals surface area contributed by atoms with Gasteiger partial charge in [0.05, 0.1) is 28.5 Å². The zero-order chi connectivity index (χ0) is 19.5. The third-order valence-corrected chi connectivity index (χ3v) is 3.99. The molecule has 0 amide bonds. The smallest absolute Gasteiger partial charge is 0.341 e. The van der Waals surface area contributed by atoms with E-state index in [1.54, 1.807) is 6.92 Å². The van der Waals surface area contributed by atoms with E-state index in [9.17, 15) is 4.79 Å². The van der Waals surface area contributed by atoms with Gasteiger partial charge in [-0.2, -0.15) is 0 Å². The lowest BCUT2D eigenvalue weighted by molar-refractivity contribution is 0.0526. The van der Waals surface area contributed by atoms with Gasteiger partial charge in [0.1, 0.15) is 5.82 Å². The van der Waals surface area contributed by atoms with Gasteiger partial charge in [0.2, 0.25) is 0 Å². The fourth-order valence-electron chi connectivity index (χ4n) is 2.38. The zero-order valence-electron chi connectivity index (χ0n) is 15.7. The molecular weight excluding hydrogens is 350 g/mol. The van der Waals surface area contributed by atoms with Crippen LogP contribution in [0.5, 0.6) is 0 Å². The Balaban J connectivity index is 2.61. The van der Waals surface area contributed by atoms with Crippen molar-refractivity contribution in [3.63, 3.8) is 0 Å². The van der Waals surface area contributed by atoms with Crippen LogP contribution < -0.4 is 5.32 Å². The number of pyridine rings is 1. The van der Waals surface area contributed by atoms with Gasteiger partial charge >= 0.3 is 5.97 Å². The van der Waals surface area contributed by atoms with Crippen LogP contribution in [0.2, 0.25) is 5.02 Å². The number of carbonyl (C=O) groups is 1. The molecule has 0 saturated heterocycles. The first kappa shape index (κ1) is 19.9. The van der Waals surface area contributed by atoms with E-state index in [4.69, 9.17) is 21.7 Å². The van der Waals surface area contributed by atoms with Gasteiger partial charge in [-0.05, 0) is 34.6 Å². The fraction of sp³-hybridized carbons (Fsp3) is 0.350. The number of carbonyl (C=O) groups excluding carboxylic acids is 1. The maximum Gasteiger partial charge on any atom is 0.341 e.